The van der Waals surface area contributed by atoms with E-state index in [4.69, 9.17) is 4.52 Å². The fourth-order valence-corrected chi connectivity index (χ4v) is 3.97. The summed E-state index contributed by atoms with van der Waals surface area (Å²) in [5.74, 6) is 2.07. The van der Waals surface area contributed by atoms with E-state index >= 15 is 0 Å². The van der Waals surface area contributed by atoms with Gasteiger partial charge >= 0.3 is 0 Å². The Morgan fingerprint density at radius 2 is 1.90 bits per heavy atom. The zero-order chi connectivity index (χ0) is 20.9. The van der Waals surface area contributed by atoms with Crippen molar-refractivity contribution in [2.24, 2.45) is 11.8 Å². The number of rotatable bonds is 7. The minimum Gasteiger partial charge on any atom is -0.337 e. The number of hydrogen-bond acceptors (Lipinski definition) is 6. The lowest BCUT2D eigenvalue weighted by Gasteiger charge is -2.30. The molecule has 0 spiro atoms. The first kappa shape index (κ1) is 20.4. The monoisotopic (exact) mass is 404 g/mol. The number of ketones is 1. The summed E-state index contributed by atoms with van der Waals surface area (Å²) in [7, 11) is 0. The third kappa shape index (κ3) is 5.00. The van der Waals surface area contributed by atoms with Gasteiger partial charge < -0.3 is 4.52 Å². The third-order valence-electron chi connectivity index (χ3n) is 5.56. The Hall–Kier alpha value is -2.86. The quantitative estimate of drug-likeness (QED) is 0.543. The topological polar surface area (TPSA) is 72.1 Å². The molecule has 0 saturated carbocycles. The third-order valence-corrected chi connectivity index (χ3v) is 5.56. The minimum absolute atomic E-state index is 0.0870. The number of aromatic nitrogens is 3. The SMILES string of the molecule is CC(C)Cc1ccc(C(=O)C2CCN(Cc3nc(-c4ccccn4)no3)CC2)cc1. The van der Waals surface area contributed by atoms with E-state index in [2.05, 4.69) is 46.0 Å². The molecule has 4 rings (SSSR count). The highest BCUT2D eigenvalue weighted by Gasteiger charge is 2.26. The van der Waals surface area contributed by atoms with Crippen molar-refractivity contribution in [3.63, 3.8) is 0 Å². The van der Waals surface area contributed by atoms with E-state index in [1.807, 2.05) is 30.3 Å². The van der Waals surface area contributed by atoms with Gasteiger partial charge in [0.1, 0.15) is 5.69 Å². The van der Waals surface area contributed by atoms with E-state index in [9.17, 15) is 4.79 Å². The molecule has 0 atom stereocenters. The number of nitrogens with zero attached hydrogens (tertiary/aromatic N) is 4. The number of likely N-dealkylation sites (tertiary alicyclic amines) is 1. The zero-order valence-electron chi connectivity index (χ0n) is 17.6. The van der Waals surface area contributed by atoms with Crippen molar-refractivity contribution >= 4 is 5.78 Å². The van der Waals surface area contributed by atoms with Crippen molar-refractivity contribution in [2.45, 2.75) is 39.7 Å². The Morgan fingerprint density at radius 1 is 1.13 bits per heavy atom. The molecule has 3 heterocycles. The number of Topliss-reactive ketones (excluding diaryl/α,β-unsaturated/α-hetero) is 1. The molecule has 156 valence electrons. The molecule has 6 nitrogen and oxygen atoms in total. The molecule has 2 aromatic heterocycles. The molecule has 0 N–H and O–H groups in total. The summed E-state index contributed by atoms with van der Waals surface area (Å²) in [4.78, 5) is 23.9. The highest BCUT2D eigenvalue weighted by atomic mass is 16.5. The van der Waals surface area contributed by atoms with E-state index in [1.165, 1.54) is 5.56 Å². The van der Waals surface area contributed by atoms with Gasteiger partial charge in [-0.1, -0.05) is 49.3 Å². The maximum Gasteiger partial charge on any atom is 0.241 e. The molecule has 0 radical (unpaired) electrons. The van der Waals surface area contributed by atoms with Crippen molar-refractivity contribution in [3.05, 3.63) is 65.7 Å². The minimum atomic E-state index is 0.0870. The highest BCUT2D eigenvalue weighted by molar-refractivity contribution is 5.97. The normalized spacial score (nSPS) is 15.6. The largest absolute Gasteiger partial charge is 0.337 e. The van der Waals surface area contributed by atoms with E-state index in [1.54, 1.807) is 6.20 Å². The van der Waals surface area contributed by atoms with Crippen LogP contribution in [0.4, 0.5) is 0 Å². The van der Waals surface area contributed by atoms with Gasteiger partial charge in [0.05, 0.1) is 6.54 Å². The Kier molecular flexibility index (Phi) is 6.33. The summed E-state index contributed by atoms with van der Waals surface area (Å²) in [6, 6.07) is 13.8. The van der Waals surface area contributed by atoms with Crippen LogP contribution in [-0.4, -0.2) is 38.9 Å². The van der Waals surface area contributed by atoms with E-state index in [-0.39, 0.29) is 11.7 Å². The van der Waals surface area contributed by atoms with E-state index < -0.39 is 0 Å². The Labute approximate surface area is 177 Å². The number of benzene rings is 1. The van der Waals surface area contributed by atoms with Crippen LogP contribution in [0.15, 0.2) is 53.2 Å². The van der Waals surface area contributed by atoms with Crippen molar-refractivity contribution in [1.82, 2.24) is 20.0 Å². The molecule has 1 aromatic carbocycles. The summed E-state index contributed by atoms with van der Waals surface area (Å²) in [6.45, 7) is 6.72. The number of carbonyl (C=O) groups excluding carboxylic acids is 1. The van der Waals surface area contributed by atoms with Crippen molar-refractivity contribution in [1.29, 1.82) is 0 Å². The molecule has 1 fully saturated rings. The summed E-state index contributed by atoms with van der Waals surface area (Å²) in [5, 5.41) is 4.03. The van der Waals surface area contributed by atoms with Crippen LogP contribution in [0, 0.1) is 11.8 Å². The standard InChI is InChI=1S/C24H28N4O2/c1-17(2)15-18-6-8-19(9-7-18)23(29)20-10-13-28(14-11-20)16-22-26-24(27-30-22)21-5-3-4-12-25-21/h3-9,12,17,20H,10-11,13-16H2,1-2H3. The average Bonchev–Trinajstić information content (AvgIpc) is 3.23. The van der Waals surface area contributed by atoms with Crippen molar-refractivity contribution in [2.75, 3.05) is 13.1 Å². The predicted molar refractivity (Wildman–Crippen MR) is 115 cm³/mol. The zero-order valence-corrected chi connectivity index (χ0v) is 17.6. The molecule has 1 aliphatic rings. The molecule has 30 heavy (non-hydrogen) atoms. The fraction of sp³-hybridized carbons (Fsp3) is 0.417. The second kappa shape index (κ2) is 9.30. The van der Waals surface area contributed by atoms with Crippen LogP contribution in [-0.2, 0) is 13.0 Å². The molecule has 0 aliphatic carbocycles. The number of pyridine rings is 1. The predicted octanol–water partition coefficient (Wildman–Crippen LogP) is 4.43. The van der Waals surface area contributed by atoms with E-state index in [0.29, 0.717) is 29.9 Å². The summed E-state index contributed by atoms with van der Waals surface area (Å²) in [6.07, 6.45) is 4.47. The molecule has 0 bridgehead atoms. The van der Waals surface area contributed by atoms with Crippen LogP contribution in [0.2, 0.25) is 0 Å². The van der Waals surface area contributed by atoms with Gasteiger partial charge in [0.2, 0.25) is 11.7 Å². The molecule has 1 aliphatic heterocycles. The van der Waals surface area contributed by atoms with Crippen LogP contribution in [0.3, 0.4) is 0 Å². The van der Waals surface area contributed by atoms with Crippen LogP contribution >= 0.6 is 0 Å². The lowest BCUT2D eigenvalue weighted by Crippen LogP contribution is -2.36. The lowest BCUT2D eigenvalue weighted by molar-refractivity contribution is 0.0825. The maximum atomic E-state index is 12.9. The van der Waals surface area contributed by atoms with Crippen molar-refractivity contribution in [3.8, 4) is 11.5 Å². The van der Waals surface area contributed by atoms with Gasteiger partial charge in [-0.05, 0) is 56.0 Å². The Bertz CT molecular complexity index is 958. The van der Waals surface area contributed by atoms with Gasteiger partial charge in [0.15, 0.2) is 5.78 Å². The lowest BCUT2D eigenvalue weighted by atomic mass is 9.88. The second-order valence-electron chi connectivity index (χ2n) is 8.44. The van der Waals surface area contributed by atoms with E-state index in [0.717, 1.165) is 37.9 Å². The number of carbonyl (C=O) groups is 1. The summed E-state index contributed by atoms with van der Waals surface area (Å²) < 4.78 is 5.39. The summed E-state index contributed by atoms with van der Waals surface area (Å²) in [5.41, 5.74) is 2.83. The maximum absolute atomic E-state index is 12.9. The summed E-state index contributed by atoms with van der Waals surface area (Å²) >= 11 is 0. The van der Waals surface area contributed by atoms with Gasteiger partial charge in [-0.3, -0.25) is 14.7 Å². The van der Waals surface area contributed by atoms with Crippen LogP contribution in [0.1, 0.15) is 48.5 Å². The van der Waals surface area contributed by atoms with Gasteiger partial charge in [-0.15, -0.1) is 0 Å². The first-order valence-electron chi connectivity index (χ1n) is 10.7. The molecule has 0 unspecified atom stereocenters. The highest BCUT2D eigenvalue weighted by Crippen LogP contribution is 2.24. The van der Waals surface area contributed by atoms with Gasteiger partial charge in [0.25, 0.3) is 0 Å². The molecule has 3 aromatic rings. The van der Waals surface area contributed by atoms with Crippen molar-refractivity contribution < 1.29 is 9.32 Å². The van der Waals surface area contributed by atoms with Crippen LogP contribution < -0.4 is 0 Å². The second-order valence-corrected chi connectivity index (χ2v) is 8.44. The smallest absolute Gasteiger partial charge is 0.241 e. The first-order valence-corrected chi connectivity index (χ1v) is 10.7. The van der Waals surface area contributed by atoms with Crippen LogP contribution in [0.25, 0.3) is 11.5 Å². The number of piperidine rings is 1. The molecule has 6 heteroatoms. The molecule has 0 amide bonds. The van der Waals surface area contributed by atoms with Gasteiger partial charge in [-0.2, -0.15) is 4.98 Å². The van der Waals surface area contributed by atoms with Gasteiger partial charge in [-0.25, -0.2) is 0 Å². The number of hydrogen-bond donors (Lipinski definition) is 0. The molecular formula is C24H28N4O2. The fourth-order valence-electron chi connectivity index (χ4n) is 3.97. The first-order chi connectivity index (χ1) is 14.6. The van der Waals surface area contributed by atoms with Gasteiger partial charge in [0, 0.05) is 17.7 Å². The molecule has 1 saturated heterocycles. The Balaban J connectivity index is 1.30. The Morgan fingerprint density at radius 3 is 2.57 bits per heavy atom. The van der Waals surface area contributed by atoms with Crippen LogP contribution in [0.5, 0.6) is 0 Å². The average molecular weight is 405 g/mol. The molecular weight excluding hydrogens is 376 g/mol.